The van der Waals surface area contributed by atoms with E-state index in [-0.39, 0.29) is 0 Å². The zero-order chi connectivity index (χ0) is 16.7. The highest BCUT2D eigenvalue weighted by atomic mass is 35.5. The molecule has 2 N–H and O–H groups in total. The summed E-state index contributed by atoms with van der Waals surface area (Å²) in [5.74, 6) is 2.22. The number of nitrogens with zero attached hydrogens (tertiary/aromatic N) is 4. The summed E-state index contributed by atoms with van der Waals surface area (Å²) in [5, 5.41) is 1.03. The standard InChI is InChI=1S/C17H17Cl2N5/c18-13-3-1-2-12(15(13)19)16-22-9-14-17(21-5-7-24(14)16)23-6-4-11(8-20)10-23/h1-3,5,7,9,11H,4,6,8,10,20H2/t11-/m1/s1. The molecule has 1 atom stereocenters. The zero-order valence-electron chi connectivity index (χ0n) is 13.0. The smallest absolute Gasteiger partial charge is 0.154 e. The van der Waals surface area contributed by atoms with E-state index in [4.69, 9.17) is 28.9 Å². The summed E-state index contributed by atoms with van der Waals surface area (Å²) in [6.07, 6.45) is 6.63. The van der Waals surface area contributed by atoms with Crippen molar-refractivity contribution in [3.8, 4) is 11.4 Å². The van der Waals surface area contributed by atoms with Crippen LogP contribution in [-0.2, 0) is 0 Å². The number of hydrogen-bond donors (Lipinski definition) is 1. The van der Waals surface area contributed by atoms with E-state index in [2.05, 4.69) is 14.9 Å². The number of halogens is 2. The SMILES string of the molecule is NC[C@H]1CCN(c2nccn3c(-c4cccc(Cl)c4Cl)ncc23)C1. The third kappa shape index (κ3) is 2.53. The van der Waals surface area contributed by atoms with Gasteiger partial charge in [-0.2, -0.15) is 0 Å². The van der Waals surface area contributed by atoms with Crippen LogP contribution in [0.2, 0.25) is 10.0 Å². The Bertz CT molecular complexity index is 892. The van der Waals surface area contributed by atoms with Gasteiger partial charge < -0.3 is 10.6 Å². The zero-order valence-corrected chi connectivity index (χ0v) is 14.5. The van der Waals surface area contributed by atoms with E-state index in [0.29, 0.717) is 22.5 Å². The number of aromatic nitrogens is 3. The number of nitrogens with two attached hydrogens (primary N) is 1. The molecule has 0 aliphatic carbocycles. The minimum atomic E-state index is 0.509. The van der Waals surface area contributed by atoms with Crippen molar-refractivity contribution < 1.29 is 0 Å². The van der Waals surface area contributed by atoms with Crippen molar-refractivity contribution >= 4 is 34.5 Å². The van der Waals surface area contributed by atoms with Gasteiger partial charge in [-0.05, 0) is 31.0 Å². The quantitative estimate of drug-likeness (QED) is 0.775. The Morgan fingerprint density at radius 1 is 1.25 bits per heavy atom. The Morgan fingerprint density at radius 2 is 2.12 bits per heavy atom. The molecule has 2 aromatic heterocycles. The van der Waals surface area contributed by atoms with Crippen LogP contribution in [0.25, 0.3) is 16.9 Å². The van der Waals surface area contributed by atoms with Crippen molar-refractivity contribution in [1.82, 2.24) is 14.4 Å². The molecular weight excluding hydrogens is 345 g/mol. The molecule has 4 rings (SSSR count). The normalized spacial score (nSPS) is 17.8. The van der Waals surface area contributed by atoms with Crippen LogP contribution in [-0.4, -0.2) is 34.0 Å². The lowest BCUT2D eigenvalue weighted by molar-refractivity contribution is 0.602. The van der Waals surface area contributed by atoms with Gasteiger partial charge in [0.25, 0.3) is 0 Å². The summed E-state index contributed by atoms with van der Waals surface area (Å²) in [6.45, 7) is 2.61. The molecule has 0 radical (unpaired) electrons. The molecule has 1 saturated heterocycles. The Kier molecular flexibility index (Phi) is 4.08. The van der Waals surface area contributed by atoms with Crippen molar-refractivity contribution in [3.63, 3.8) is 0 Å². The van der Waals surface area contributed by atoms with Crippen LogP contribution >= 0.6 is 23.2 Å². The molecule has 24 heavy (non-hydrogen) atoms. The second-order valence-corrected chi connectivity index (χ2v) is 6.81. The van der Waals surface area contributed by atoms with Gasteiger partial charge >= 0.3 is 0 Å². The molecular formula is C17H17Cl2N5. The van der Waals surface area contributed by atoms with Gasteiger partial charge in [0, 0.05) is 31.0 Å². The number of fused-ring (bicyclic) bond motifs is 1. The first-order valence-electron chi connectivity index (χ1n) is 7.90. The predicted molar refractivity (Wildman–Crippen MR) is 97.8 cm³/mol. The van der Waals surface area contributed by atoms with Crippen LogP contribution in [0.3, 0.4) is 0 Å². The minimum absolute atomic E-state index is 0.509. The first kappa shape index (κ1) is 15.7. The number of hydrogen-bond acceptors (Lipinski definition) is 4. The van der Waals surface area contributed by atoms with Crippen molar-refractivity contribution in [2.24, 2.45) is 11.7 Å². The first-order chi connectivity index (χ1) is 11.7. The lowest BCUT2D eigenvalue weighted by Gasteiger charge is -2.18. The van der Waals surface area contributed by atoms with Gasteiger partial charge in [0.15, 0.2) is 5.82 Å². The van der Waals surface area contributed by atoms with E-state index in [1.807, 2.05) is 28.9 Å². The molecule has 0 unspecified atom stereocenters. The van der Waals surface area contributed by atoms with E-state index >= 15 is 0 Å². The monoisotopic (exact) mass is 361 g/mol. The summed E-state index contributed by atoms with van der Waals surface area (Å²) in [4.78, 5) is 11.4. The molecule has 3 heterocycles. The highest BCUT2D eigenvalue weighted by Gasteiger charge is 2.24. The maximum Gasteiger partial charge on any atom is 0.154 e. The molecule has 1 aliphatic heterocycles. The summed E-state index contributed by atoms with van der Waals surface area (Å²) in [5.41, 5.74) is 7.57. The number of rotatable bonds is 3. The van der Waals surface area contributed by atoms with Crippen molar-refractivity contribution in [3.05, 3.63) is 46.8 Å². The molecule has 0 spiro atoms. The Labute approximate surface area is 150 Å². The van der Waals surface area contributed by atoms with E-state index in [1.165, 1.54) is 0 Å². The van der Waals surface area contributed by atoms with Crippen molar-refractivity contribution in [2.75, 3.05) is 24.5 Å². The van der Waals surface area contributed by atoms with Crippen LogP contribution in [0.15, 0.2) is 36.8 Å². The van der Waals surface area contributed by atoms with Gasteiger partial charge in [-0.3, -0.25) is 4.40 Å². The lowest BCUT2D eigenvalue weighted by Crippen LogP contribution is -2.23. The van der Waals surface area contributed by atoms with E-state index in [1.54, 1.807) is 12.3 Å². The fraction of sp³-hybridized carbons (Fsp3) is 0.294. The highest BCUT2D eigenvalue weighted by molar-refractivity contribution is 6.43. The third-order valence-corrected chi connectivity index (χ3v) is 5.37. The van der Waals surface area contributed by atoms with E-state index < -0.39 is 0 Å². The van der Waals surface area contributed by atoms with Crippen molar-refractivity contribution in [2.45, 2.75) is 6.42 Å². The van der Waals surface area contributed by atoms with Gasteiger partial charge in [0.1, 0.15) is 11.3 Å². The van der Waals surface area contributed by atoms with Crippen LogP contribution in [0.5, 0.6) is 0 Å². The molecule has 1 fully saturated rings. The van der Waals surface area contributed by atoms with Crippen LogP contribution < -0.4 is 10.6 Å². The molecule has 0 amide bonds. The molecule has 5 nitrogen and oxygen atoms in total. The lowest BCUT2D eigenvalue weighted by atomic mass is 10.1. The molecule has 3 aromatic rings. The molecule has 1 aromatic carbocycles. The van der Waals surface area contributed by atoms with Crippen LogP contribution in [0, 0.1) is 5.92 Å². The van der Waals surface area contributed by atoms with Gasteiger partial charge in [-0.15, -0.1) is 0 Å². The Morgan fingerprint density at radius 3 is 2.92 bits per heavy atom. The first-order valence-corrected chi connectivity index (χ1v) is 8.66. The fourth-order valence-corrected chi connectivity index (χ4v) is 3.64. The van der Waals surface area contributed by atoms with Crippen LogP contribution in [0.1, 0.15) is 6.42 Å². The maximum absolute atomic E-state index is 6.36. The van der Waals surface area contributed by atoms with E-state index in [9.17, 15) is 0 Å². The van der Waals surface area contributed by atoms with Gasteiger partial charge in [-0.25, -0.2) is 9.97 Å². The topological polar surface area (TPSA) is 59.5 Å². The second kappa shape index (κ2) is 6.24. The maximum atomic E-state index is 6.36. The average Bonchev–Trinajstić information content (AvgIpc) is 3.24. The summed E-state index contributed by atoms with van der Waals surface area (Å²) in [6, 6.07) is 5.57. The minimum Gasteiger partial charge on any atom is -0.354 e. The molecule has 7 heteroatoms. The predicted octanol–water partition coefficient (Wildman–Crippen LogP) is 3.49. The molecule has 0 bridgehead atoms. The third-order valence-electron chi connectivity index (χ3n) is 4.55. The largest absolute Gasteiger partial charge is 0.354 e. The number of anilines is 1. The van der Waals surface area contributed by atoms with Gasteiger partial charge in [-0.1, -0.05) is 29.3 Å². The van der Waals surface area contributed by atoms with Gasteiger partial charge in [0.2, 0.25) is 0 Å². The second-order valence-electron chi connectivity index (χ2n) is 6.03. The summed E-state index contributed by atoms with van der Waals surface area (Å²) < 4.78 is 2.01. The fourth-order valence-electron chi connectivity index (χ4n) is 3.25. The molecule has 124 valence electrons. The van der Waals surface area contributed by atoms with E-state index in [0.717, 1.165) is 42.2 Å². The molecule has 1 aliphatic rings. The number of imidazole rings is 1. The Balaban J connectivity index is 1.81. The average molecular weight is 362 g/mol. The van der Waals surface area contributed by atoms with Gasteiger partial charge in [0.05, 0.1) is 16.2 Å². The highest BCUT2D eigenvalue weighted by Crippen LogP contribution is 2.34. The summed E-state index contributed by atoms with van der Waals surface area (Å²) in [7, 11) is 0. The Hall–Kier alpha value is -1.82. The number of benzene rings is 1. The molecule has 0 saturated carbocycles. The summed E-state index contributed by atoms with van der Waals surface area (Å²) >= 11 is 12.5. The van der Waals surface area contributed by atoms with Crippen LogP contribution in [0.4, 0.5) is 5.82 Å². The van der Waals surface area contributed by atoms with Crippen molar-refractivity contribution in [1.29, 1.82) is 0 Å².